The summed E-state index contributed by atoms with van der Waals surface area (Å²) >= 11 is 0. The molecule has 2 N–H and O–H groups in total. The molecule has 3 nitrogen and oxygen atoms in total. The van der Waals surface area contributed by atoms with Crippen molar-refractivity contribution in [3.05, 3.63) is 36.0 Å². The molecular weight excluding hydrogens is 234 g/mol. The smallest absolute Gasteiger partial charge is 0.0457 e. The summed E-state index contributed by atoms with van der Waals surface area (Å²) in [5, 5.41) is 5.06. The van der Waals surface area contributed by atoms with Gasteiger partial charge in [-0.3, -0.25) is 0 Å². The van der Waals surface area contributed by atoms with Gasteiger partial charge in [-0.2, -0.15) is 0 Å². The molecule has 1 aliphatic heterocycles. The molecule has 2 heterocycles. The molecule has 1 atom stereocenters. The highest BCUT2D eigenvalue weighted by Gasteiger charge is 2.18. The Kier molecular flexibility index (Phi) is 3.85. The lowest BCUT2D eigenvalue weighted by Gasteiger charge is -2.32. The lowest BCUT2D eigenvalue weighted by atomic mass is 10.1. The van der Waals surface area contributed by atoms with Gasteiger partial charge in [-0.05, 0) is 37.6 Å². The summed E-state index contributed by atoms with van der Waals surface area (Å²) in [6.45, 7) is 6.85. The number of likely N-dealkylation sites (tertiary alicyclic amines) is 1. The second-order valence-electron chi connectivity index (χ2n) is 5.47. The van der Waals surface area contributed by atoms with Gasteiger partial charge >= 0.3 is 0 Å². The molecule has 1 aliphatic rings. The van der Waals surface area contributed by atoms with Gasteiger partial charge in [0.2, 0.25) is 0 Å². The molecule has 19 heavy (non-hydrogen) atoms. The van der Waals surface area contributed by atoms with Crippen LogP contribution in [0.25, 0.3) is 10.9 Å². The highest BCUT2D eigenvalue weighted by Crippen LogP contribution is 2.18. The van der Waals surface area contributed by atoms with Crippen LogP contribution in [0.2, 0.25) is 0 Å². The van der Waals surface area contributed by atoms with E-state index in [2.05, 4.69) is 52.6 Å². The first-order chi connectivity index (χ1) is 9.36. The summed E-state index contributed by atoms with van der Waals surface area (Å²) < 4.78 is 0. The Morgan fingerprint density at radius 1 is 1.37 bits per heavy atom. The van der Waals surface area contributed by atoms with E-state index in [9.17, 15) is 0 Å². The molecule has 1 aromatic heterocycles. The number of nitrogens with one attached hydrogen (secondary N) is 2. The summed E-state index contributed by atoms with van der Waals surface area (Å²) in [5.74, 6) is 0. The number of hydrogen-bond acceptors (Lipinski definition) is 2. The topological polar surface area (TPSA) is 31.1 Å². The van der Waals surface area contributed by atoms with Crippen LogP contribution in [0, 0.1) is 0 Å². The Labute approximate surface area is 115 Å². The van der Waals surface area contributed by atoms with Crippen molar-refractivity contribution in [1.29, 1.82) is 0 Å². The number of aromatic amines is 1. The van der Waals surface area contributed by atoms with Crippen molar-refractivity contribution in [2.75, 3.05) is 19.6 Å². The summed E-state index contributed by atoms with van der Waals surface area (Å²) in [7, 11) is 0. The van der Waals surface area contributed by atoms with Crippen LogP contribution in [0.3, 0.4) is 0 Å². The minimum Gasteiger partial charge on any atom is -0.361 e. The quantitative estimate of drug-likeness (QED) is 0.882. The minimum atomic E-state index is 0.641. The molecule has 0 aliphatic carbocycles. The molecular formula is C16H23N3. The molecule has 102 valence electrons. The maximum Gasteiger partial charge on any atom is 0.0457 e. The predicted octanol–water partition coefficient (Wildman–Crippen LogP) is 2.74. The number of hydrogen-bond donors (Lipinski definition) is 2. The van der Waals surface area contributed by atoms with Gasteiger partial charge in [0.25, 0.3) is 0 Å². The largest absolute Gasteiger partial charge is 0.361 e. The summed E-state index contributed by atoms with van der Waals surface area (Å²) in [4.78, 5) is 5.88. The van der Waals surface area contributed by atoms with Gasteiger partial charge < -0.3 is 15.2 Å². The van der Waals surface area contributed by atoms with E-state index in [0.29, 0.717) is 6.04 Å². The maximum absolute atomic E-state index is 3.72. The number of piperidine rings is 1. The second kappa shape index (κ2) is 5.76. The molecule has 3 heteroatoms. The van der Waals surface area contributed by atoms with Crippen LogP contribution in [0.15, 0.2) is 30.5 Å². The van der Waals surface area contributed by atoms with Gasteiger partial charge in [-0.25, -0.2) is 0 Å². The van der Waals surface area contributed by atoms with Crippen molar-refractivity contribution in [2.45, 2.75) is 32.4 Å². The number of nitrogens with zero attached hydrogens (tertiary/aromatic N) is 1. The van der Waals surface area contributed by atoms with E-state index in [1.54, 1.807) is 0 Å². The zero-order chi connectivity index (χ0) is 13.1. The fraction of sp³-hybridized carbons (Fsp3) is 0.500. The van der Waals surface area contributed by atoms with Crippen LogP contribution >= 0.6 is 0 Å². The molecule has 1 aromatic carbocycles. The first kappa shape index (κ1) is 12.7. The average molecular weight is 257 g/mol. The normalized spacial score (nSPS) is 21.0. The number of para-hydroxylation sites is 1. The number of rotatable bonds is 4. The monoisotopic (exact) mass is 257 g/mol. The standard InChI is InChI=1S/C16H23N3/c1-2-19-9-5-6-14(12-19)17-10-13-11-18-16-8-4-3-7-15(13)16/h3-4,7-8,11,14,17-18H,2,5-6,9-10,12H2,1H3. The van der Waals surface area contributed by atoms with E-state index >= 15 is 0 Å². The summed E-state index contributed by atoms with van der Waals surface area (Å²) in [5.41, 5.74) is 2.61. The zero-order valence-electron chi connectivity index (χ0n) is 11.7. The van der Waals surface area contributed by atoms with Crippen LogP contribution in [0.4, 0.5) is 0 Å². The lowest BCUT2D eigenvalue weighted by molar-refractivity contribution is 0.198. The maximum atomic E-state index is 3.72. The molecule has 3 rings (SSSR count). The van der Waals surface area contributed by atoms with E-state index in [-0.39, 0.29) is 0 Å². The molecule has 0 bridgehead atoms. The molecule has 0 radical (unpaired) electrons. The van der Waals surface area contributed by atoms with Gasteiger partial charge in [0, 0.05) is 36.2 Å². The van der Waals surface area contributed by atoms with Crippen molar-refractivity contribution in [3.8, 4) is 0 Å². The SMILES string of the molecule is CCN1CCCC(NCc2c[nH]c3ccccc23)C1. The third kappa shape index (κ3) is 2.82. The van der Waals surface area contributed by atoms with Crippen LogP contribution in [0.1, 0.15) is 25.3 Å². The van der Waals surface area contributed by atoms with Crippen molar-refractivity contribution >= 4 is 10.9 Å². The Hall–Kier alpha value is -1.32. The molecule has 0 spiro atoms. The molecule has 0 saturated carbocycles. The fourth-order valence-electron chi connectivity index (χ4n) is 3.04. The number of benzene rings is 1. The third-order valence-electron chi connectivity index (χ3n) is 4.21. The number of fused-ring (bicyclic) bond motifs is 1. The molecule has 2 aromatic rings. The van der Waals surface area contributed by atoms with Crippen LogP contribution in [0.5, 0.6) is 0 Å². The molecule has 0 amide bonds. The van der Waals surface area contributed by atoms with Crippen molar-refractivity contribution in [3.63, 3.8) is 0 Å². The minimum absolute atomic E-state index is 0.641. The molecule has 1 saturated heterocycles. The number of aromatic nitrogens is 1. The second-order valence-corrected chi connectivity index (χ2v) is 5.47. The van der Waals surface area contributed by atoms with E-state index in [1.165, 1.54) is 48.9 Å². The average Bonchev–Trinajstić information content (AvgIpc) is 2.89. The van der Waals surface area contributed by atoms with E-state index < -0.39 is 0 Å². The van der Waals surface area contributed by atoms with Gasteiger partial charge in [-0.1, -0.05) is 25.1 Å². The van der Waals surface area contributed by atoms with Crippen molar-refractivity contribution in [2.24, 2.45) is 0 Å². The van der Waals surface area contributed by atoms with E-state index in [4.69, 9.17) is 0 Å². The Morgan fingerprint density at radius 2 is 2.26 bits per heavy atom. The lowest BCUT2D eigenvalue weighted by Crippen LogP contribution is -2.45. The van der Waals surface area contributed by atoms with Gasteiger partial charge in [0.15, 0.2) is 0 Å². The van der Waals surface area contributed by atoms with Gasteiger partial charge in [0.05, 0.1) is 0 Å². The Balaban J connectivity index is 1.63. The first-order valence-electron chi connectivity index (χ1n) is 7.37. The first-order valence-corrected chi connectivity index (χ1v) is 7.37. The highest BCUT2D eigenvalue weighted by molar-refractivity contribution is 5.82. The molecule has 1 unspecified atom stereocenters. The van der Waals surface area contributed by atoms with E-state index in [0.717, 1.165) is 6.54 Å². The Morgan fingerprint density at radius 3 is 3.16 bits per heavy atom. The van der Waals surface area contributed by atoms with Gasteiger partial charge in [0.1, 0.15) is 0 Å². The van der Waals surface area contributed by atoms with E-state index in [1.807, 2.05) is 0 Å². The predicted molar refractivity (Wildman–Crippen MR) is 80.3 cm³/mol. The highest BCUT2D eigenvalue weighted by atomic mass is 15.2. The van der Waals surface area contributed by atoms with Crippen LogP contribution in [-0.4, -0.2) is 35.6 Å². The summed E-state index contributed by atoms with van der Waals surface area (Å²) in [6.07, 6.45) is 4.76. The number of likely N-dealkylation sites (N-methyl/N-ethyl adjacent to an activating group) is 1. The third-order valence-corrected chi connectivity index (χ3v) is 4.21. The van der Waals surface area contributed by atoms with Crippen LogP contribution in [-0.2, 0) is 6.54 Å². The molecule has 1 fully saturated rings. The van der Waals surface area contributed by atoms with Crippen molar-refractivity contribution in [1.82, 2.24) is 15.2 Å². The van der Waals surface area contributed by atoms with Crippen LogP contribution < -0.4 is 5.32 Å². The fourth-order valence-corrected chi connectivity index (χ4v) is 3.04. The number of H-pyrrole nitrogens is 1. The zero-order valence-corrected chi connectivity index (χ0v) is 11.7. The summed E-state index contributed by atoms with van der Waals surface area (Å²) in [6, 6.07) is 9.16. The Bertz CT molecular complexity index is 532. The van der Waals surface area contributed by atoms with Crippen molar-refractivity contribution < 1.29 is 0 Å². The van der Waals surface area contributed by atoms with Gasteiger partial charge in [-0.15, -0.1) is 0 Å².